The molecule has 0 heterocycles. The Kier molecular flexibility index (Phi) is 5.71. The van der Waals surface area contributed by atoms with E-state index in [-0.39, 0.29) is 18.8 Å². The fourth-order valence-corrected chi connectivity index (χ4v) is 3.54. The molecule has 0 spiro atoms. The second-order valence-electron chi connectivity index (χ2n) is 4.26. The number of nitriles is 1. The summed E-state index contributed by atoms with van der Waals surface area (Å²) in [5.41, 5.74) is 1.01. The minimum atomic E-state index is -3.62. The van der Waals surface area contributed by atoms with Crippen LogP contribution < -0.4 is 0 Å². The van der Waals surface area contributed by atoms with Gasteiger partial charge in [-0.3, -0.25) is 4.79 Å². The van der Waals surface area contributed by atoms with Crippen LogP contribution in [0.15, 0.2) is 24.3 Å². The molecule has 5 nitrogen and oxygen atoms in total. The highest BCUT2D eigenvalue weighted by molar-refractivity contribution is 7.92. The molecule has 0 N–H and O–H groups in total. The summed E-state index contributed by atoms with van der Waals surface area (Å²) < 4.78 is 29.3. The van der Waals surface area contributed by atoms with E-state index in [9.17, 15) is 13.2 Å². The zero-order valence-corrected chi connectivity index (χ0v) is 12.3. The molecule has 0 radical (unpaired) electrons. The Balaban J connectivity index is 2.92. The largest absolute Gasteiger partial charge is 0.465 e. The smallest absolute Gasteiger partial charge is 0.324 e. The highest BCUT2D eigenvalue weighted by Crippen LogP contribution is 2.16. The van der Waals surface area contributed by atoms with E-state index in [1.807, 2.05) is 6.07 Å². The zero-order chi connectivity index (χ0) is 15.2. The number of esters is 1. The average molecular weight is 295 g/mol. The highest BCUT2D eigenvalue weighted by atomic mass is 32.2. The SMILES string of the molecule is CCOC(=O)C(CC)S(=O)(=O)Cc1ccc(C#N)cc1. The van der Waals surface area contributed by atoms with Gasteiger partial charge in [0.25, 0.3) is 0 Å². The minimum Gasteiger partial charge on any atom is -0.465 e. The lowest BCUT2D eigenvalue weighted by atomic mass is 10.2. The Bertz CT molecular complexity index is 599. The third-order valence-electron chi connectivity index (χ3n) is 2.80. The van der Waals surface area contributed by atoms with Gasteiger partial charge in [-0.1, -0.05) is 19.1 Å². The van der Waals surface area contributed by atoms with E-state index in [0.717, 1.165) is 0 Å². The van der Waals surface area contributed by atoms with Crippen LogP contribution in [-0.2, 0) is 25.1 Å². The van der Waals surface area contributed by atoms with Crippen LogP contribution >= 0.6 is 0 Å². The quantitative estimate of drug-likeness (QED) is 0.747. The number of nitrogens with zero attached hydrogens (tertiary/aromatic N) is 1. The van der Waals surface area contributed by atoms with Gasteiger partial charge in [0, 0.05) is 0 Å². The molecular formula is C14H17NO4S. The molecule has 20 heavy (non-hydrogen) atoms. The zero-order valence-electron chi connectivity index (χ0n) is 11.5. The highest BCUT2D eigenvalue weighted by Gasteiger charge is 2.32. The van der Waals surface area contributed by atoms with Crippen molar-refractivity contribution in [3.05, 3.63) is 35.4 Å². The summed E-state index contributed by atoms with van der Waals surface area (Å²) in [6, 6.07) is 8.22. The van der Waals surface area contributed by atoms with Crippen LogP contribution in [-0.4, -0.2) is 26.2 Å². The van der Waals surface area contributed by atoms with Crippen LogP contribution in [0.25, 0.3) is 0 Å². The number of sulfone groups is 1. The number of hydrogen-bond donors (Lipinski definition) is 0. The van der Waals surface area contributed by atoms with Gasteiger partial charge in [0.15, 0.2) is 15.1 Å². The third-order valence-corrected chi connectivity index (χ3v) is 4.93. The Hall–Kier alpha value is -1.87. The lowest BCUT2D eigenvalue weighted by Crippen LogP contribution is -2.32. The summed E-state index contributed by atoms with van der Waals surface area (Å²) in [7, 11) is -3.62. The number of ether oxygens (including phenoxy) is 1. The van der Waals surface area contributed by atoms with Gasteiger partial charge in [-0.05, 0) is 31.0 Å². The van der Waals surface area contributed by atoms with Crippen molar-refractivity contribution in [2.45, 2.75) is 31.3 Å². The van der Waals surface area contributed by atoms with Crippen LogP contribution in [0.3, 0.4) is 0 Å². The summed E-state index contributed by atoms with van der Waals surface area (Å²) >= 11 is 0. The molecule has 1 atom stereocenters. The van der Waals surface area contributed by atoms with Crippen molar-refractivity contribution in [3.63, 3.8) is 0 Å². The van der Waals surface area contributed by atoms with Crippen molar-refractivity contribution in [3.8, 4) is 6.07 Å². The van der Waals surface area contributed by atoms with Gasteiger partial charge in [-0.25, -0.2) is 8.42 Å². The first-order valence-electron chi connectivity index (χ1n) is 6.31. The molecule has 0 aliphatic heterocycles. The summed E-state index contributed by atoms with van der Waals surface area (Å²) in [6.07, 6.45) is 0.178. The summed E-state index contributed by atoms with van der Waals surface area (Å²) in [5, 5.41) is 7.55. The first kappa shape index (κ1) is 16.2. The monoisotopic (exact) mass is 295 g/mol. The lowest BCUT2D eigenvalue weighted by molar-refractivity contribution is -0.142. The van der Waals surface area contributed by atoms with Crippen molar-refractivity contribution < 1.29 is 17.9 Å². The molecule has 0 aromatic heterocycles. The maximum atomic E-state index is 12.2. The summed E-state index contributed by atoms with van der Waals surface area (Å²) in [5.74, 6) is -0.945. The number of hydrogen-bond acceptors (Lipinski definition) is 5. The molecule has 0 aliphatic rings. The molecule has 0 bridgehead atoms. The number of carbonyl (C=O) groups excluding carboxylic acids is 1. The van der Waals surface area contributed by atoms with Gasteiger partial charge in [-0.2, -0.15) is 5.26 Å². The Morgan fingerprint density at radius 1 is 1.30 bits per heavy atom. The molecular weight excluding hydrogens is 278 g/mol. The lowest BCUT2D eigenvalue weighted by Gasteiger charge is -2.14. The third kappa shape index (κ3) is 4.07. The summed E-state index contributed by atoms with van der Waals surface area (Å²) in [4.78, 5) is 11.7. The maximum absolute atomic E-state index is 12.2. The van der Waals surface area contributed by atoms with Crippen LogP contribution in [0.4, 0.5) is 0 Å². The Morgan fingerprint density at radius 2 is 1.90 bits per heavy atom. The van der Waals surface area contributed by atoms with E-state index in [0.29, 0.717) is 11.1 Å². The molecule has 0 aliphatic carbocycles. The predicted octanol–water partition coefficient (Wildman–Crippen LogP) is 1.81. The van der Waals surface area contributed by atoms with Crippen molar-refractivity contribution >= 4 is 15.8 Å². The fourth-order valence-electron chi connectivity index (χ4n) is 1.81. The Labute approximate surface area is 119 Å². The topological polar surface area (TPSA) is 84.2 Å². The number of benzene rings is 1. The van der Waals surface area contributed by atoms with Crippen LogP contribution in [0.2, 0.25) is 0 Å². The second kappa shape index (κ2) is 7.06. The molecule has 0 saturated heterocycles. The van der Waals surface area contributed by atoms with Crippen molar-refractivity contribution in [2.24, 2.45) is 0 Å². The summed E-state index contributed by atoms with van der Waals surface area (Å²) in [6.45, 7) is 3.43. The molecule has 108 valence electrons. The average Bonchev–Trinajstić information content (AvgIpc) is 2.39. The fraction of sp³-hybridized carbons (Fsp3) is 0.429. The number of rotatable bonds is 6. The van der Waals surface area contributed by atoms with Gasteiger partial charge in [0.05, 0.1) is 24.0 Å². The van der Waals surface area contributed by atoms with Gasteiger partial charge >= 0.3 is 5.97 Å². The first-order valence-corrected chi connectivity index (χ1v) is 8.03. The van der Waals surface area contributed by atoms with Gasteiger partial charge < -0.3 is 4.74 Å². The Morgan fingerprint density at radius 3 is 2.35 bits per heavy atom. The molecule has 1 unspecified atom stereocenters. The molecule has 0 amide bonds. The normalized spacial score (nSPS) is 12.4. The molecule has 1 aromatic carbocycles. The van der Waals surface area contributed by atoms with E-state index in [1.54, 1.807) is 38.1 Å². The second-order valence-corrected chi connectivity index (χ2v) is 6.45. The van der Waals surface area contributed by atoms with Crippen LogP contribution in [0.1, 0.15) is 31.4 Å². The van der Waals surface area contributed by atoms with Gasteiger partial charge in [0.1, 0.15) is 0 Å². The first-order chi connectivity index (χ1) is 9.44. The van der Waals surface area contributed by atoms with E-state index in [2.05, 4.69) is 0 Å². The molecule has 6 heteroatoms. The van der Waals surface area contributed by atoms with E-state index >= 15 is 0 Å². The van der Waals surface area contributed by atoms with Crippen molar-refractivity contribution in [1.82, 2.24) is 0 Å². The van der Waals surface area contributed by atoms with E-state index in [4.69, 9.17) is 10.00 Å². The van der Waals surface area contributed by atoms with Gasteiger partial charge in [0.2, 0.25) is 0 Å². The molecule has 1 aromatic rings. The number of carbonyl (C=O) groups is 1. The predicted molar refractivity (Wildman–Crippen MR) is 74.5 cm³/mol. The van der Waals surface area contributed by atoms with Crippen LogP contribution in [0, 0.1) is 11.3 Å². The molecule has 0 saturated carbocycles. The molecule has 0 fully saturated rings. The standard InChI is InChI=1S/C14H17NO4S/c1-3-13(14(16)19-4-2)20(17,18)10-12-7-5-11(9-15)6-8-12/h5-8,13H,3-4,10H2,1-2H3. The maximum Gasteiger partial charge on any atom is 0.324 e. The van der Waals surface area contributed by atoms with E-state index < -0.39 is 21.1 Å². The van der Waals surface area contributed by atoms with Crippen LogP contribution in [0.5, 0.6) is 0 Å². The van der Waals surface area contributed by atoms with Crippen molar-refractivity contribution in [2.75, 3.05) is 6.61 Å². The van der Waals surface area contributed by atoms with Gasteiger partial charge in [-0.15, -0.1) is 0 Å². The molecule has 1 rings (SSSR count). The van der Waals surface area contributed by atoms with Crippen molar-refractivity contribution in [1.29, 1.82) is 5.26 Å². The van der Waals surface area contributed by atoms with E-state index in [1.165, 1.54) is 0 Å². The minimum absolute atomic E-state index is 0.154.